The van der Waals surface area contributed by atoms with Crippen LogP contribution in [-0.2, 0) is 0 Å². The Balaban J connectivity index is 1.55. The highest BCUT2D eigenvalue weighted by atomic mass is 16.6. The number of benzene rings is 2. The fourth-order valence-electron chi connectivity index (χ4n) is 2.44. The van der Waals surface area contributed by atoms with Gasteiger partial charge in [-0.15, -0.1) is 5.11 Å². The number of nitro benzene ring substituents is 1. The number of para-hydroxylation sites is 1. The number of hydrogen-bond acceptors (Lipinski definition) is 5. The normalized spacial score (nSPS) is 15.1. The zero-order valence-corrected chi connectivity index (χ0v) is 12.6. The molecule has 0 atom stereocenters. The fraction of sp³-hybridized carbons (Fsp3) is 0.250. The molecule has 0 N–H and O–H groups in total. The number of non-ortho nitro benzene ring substituents is 1. The number of anilines is 1. The first-order valence-corrected chi connectivity index (χ1v) is 7.43. The molecule has 23 heavy (non-hydrogen) atoms. The van der Waals surface area contributed by atoms with Crippen LogP contribution in [0, 0.1) is 10.1 Å². The molecule has 118 valence electrons. The van der Waals surface area contributed by atoms with Crippen LogP contribution in [0.25, 0.3) is 0 Å². The predicted octanol–water partition coefficient (Wildman–Crippen LogP) is 3.42. The van der Waals surface area contributed by atoms with Crippen LogP contribution in [0.2, 0.25) is 0 Å². The topological polar surface area (TPSA) is 74.3 Å². The van der Waals surface area contributed by atoms with E-state index in [1.165, 1.54) is 17.8 Å². The zero-order valence-electron chi connectivity index (χ0n) is 12.6. The van der Waals surface area contributed by atoms with Crippen LogP contribution in [0.1, 0.15) is 0 Å². The van der Waals surface area contributed by atoms with Crippen LogP contribution < -0.4 is 4.90 Å². The second-order valence-corrected chi connectivity index (χ2v) is 5.24. The van der Waals surface area contributed by atoms with Gasteiger partial charge in [0, 0.05) is 30.9 Å². The number of nitrogens with zero attached hydrogens (tertiary/aromatic N) is 5. The molecule has 1 aliphatic rings. The molecule has 1 fully saturated rings. The van der Waals surface area contributed by atoms with Gasteiger partial charge in [-0.25, -0.2) is 0 Å². The lowest BCUT2D eigenvalue weighted by atomic mass is 10.2. The number of piperazine rings is 1. The van der Waals surface area contributed by atoms with Gasteiger partial charge in [-0.2, -0.15) is 0 Å². The van der Waals surface area contributed by atoms with Gasteiger partial charge in [-0.3, -0.25) is 15.1 Å². The van der Waals surface area contributed by atoms with E-state index >= 15 is 0 Å². The molecule has 0 saturated carbocycles. The van der Waals surface area contributed by atoms with Crippen molar-refractivity contribution in [2.75, 3.05) is 31.1 Å². The molecular formula is C16H17N5O2. The number of nitro groups is 1. The van der Waals surface area contributed by atoms with Crippen molar-refractivity contribution in [2.24, 2.45) is 10.3 Å². The first kappa shape index (κ1) is 15.0. The fourth-order valence-corrected chi connectivity index (χ4v) is 2.44. The summed E-state index contributed by atoms with van der Waals surface area (Å²) in [4.78, 5) is 12.5. The van der Waals surface area contributed by atoms with E-state index in [0.29, 0.717) is 5.69 Å². The van der Waals surface area contributed by atoms with Crippen molar-refractivity contribution in [3.8, 4) is 0 Å². The van der Waals surface area contributed by atoms with Gasteiger partial charge < -0.3 is 4.90 Å². The first-order chi connectivity index (χ1) is 11.2. The molecule has 3 rings (SSSR count). The lowest BCUT2D eigenvalue weighted by Crippen LogP contribution is -2.43. The Bertz CT molecular complexity index is 679. The molecule has 1 aliphatic heterocycles. The molecule has 0 unspecified atom stereocenters. The predicted molar refractivity (Wildman–Crippen MR) is 87.8 cm³/mol. The van der Waals surface area contributed by atoms with Crippen LogP contribution in [0.4, 0.5) is 17.1 Å². The SMILES string of the molecule is O=[N+]([O-])c1ccc(/N=N/N2CCN(c3ccccc3)CC2)cc1. The molecule has 1 saturated heterocycles. The van der Waals surface area contributed by atoms with Gasteiger partial charge >= 0.3 is 0 Å². The van der Waals surface area contributed by atoms with Crippen molar-refractivity contribution in [1.82, 2.24) is 5.01 Å². The Kier molecular flexibility index (Phi) is 4.46. The van der Waals surface area contributed by atoms with E-state index in [2.05, 4.69) is 27.4 Å². The van der Waals surface area contributed by atoms with Crippen LogP contribution in [0.3, 0.4) is 0 Å². The Labute approximate surface area is 134 Å². The van der Waals surface area contributed by atoms with Crippen molar-refractivity contribution >= 4 is 17.1 Å². The summed E-state index contributed by atoms with van der Waals surface area (Å²) in [7, 11) is 0. The molecule has 0 bridgehead atoms. The lowest BCUT2D eigenvalue weighted by molar-refractivity contribution is -0.384. The maximum atomic E-state index is 10.6. The monoisotopic (exact) mass is 311 g/mol. The molecule has 0 amide bonds. The molecule has 7 heteroatoms. The third-order valence-electron chi connectivity index (χ3n) is 3.72. The van der Waals surface area contributed by atoms with Crippen LogP contribution in [-0.4, -0.2) is 36.1 Å². The minimum absolute atomic E-state index is 0.0559. The number of rotatable bonds is 4. The summed E-state index contributed by atoms with van der Waals surface area (Å²) in [5.74, 6) is 0. The number of hydrogen-bond donors (Lipinski definition) is 0. The highest BCUT2D eigenvalue weighted by Gasteiger charge is 2.15. The minimum atomic E-state index is -0.427. The van der Waals surface area contributed by atoms with Gasteiger partial charge in [0.25, 0.3) is 5.69 Å². The summed E-state index contributed by atoms with van der Waals surface area (Å²) in [5.41, 5.74) is 1.89. The van der Waals surface area contributed by atoms with Crippen molar-refractivity contribution in [3.63, 3.8) is 0 Å². The molecule has 0 aromatic heterocycles. The molecule has 0 radical (unpaired) electrons. The van der Waals surface area contributed by atoms with E-state index in [0.717, 1.165) is 26.2 Å². The Morgan fingerprint density at radius 2 is 1.57 bits per heavy atom. The lowest BCUT2D eigenvalue weighted by Gasteiger charge is -2.33. The average molecular weight is 311 g/mol. The summed E-state index contributed by atoms with van der Waals surface area (Å²) < 4.78 is 0. The average Bonchev–Trinajstić information content (AvgIpc) is 2.61. The van der Waals surface area contributed by atoms with Gasteiger partial charge in [0.15, 0.2) is 0 Å². The molecular weight excluding hydrogens is 294 g/mol. The quantitative estimate of drug-likeness (QED) is 0.492. The second kappa shape index (κ2) is 6.87. The molecule has 2 aromatic carbocycles. The summed E-state index contributed by atoms with van der Waals surface area (Å²) in [6.45, 7) is 3.38. The van der Waals surface area contributed by atoms with E-state index in [9.17, 15) is 10.1 Å². The Morgan fingerprint density at radius 3 is 2.17 bits per heavy atom. The van der Waals surface area contributed by atoms with E-state index < -0.39 is 4.92 Å². The maximum absolute atomic E-state index is 10.6. The Hall–Kier alpha value is -2.96. The van der Waals surface area contributed by atoms with Gasteiger partial charge in [-0.1, -0.05) is 23.4 Å². The van der Waals surface area contributed by atoms with Crippen LogP contribution in [0.5, 0.6) is 0 Å². The maximum Gasteiger partial charge on any atom is 0.269 e. The molecule has 1 heterocycles. The van der Waals surface area contributed by atoms with Crippen molar-refractivity contribution in [2.45, 2.75) is 0 Å². The van der Waals surface area contributed by atoms with Crippen molar-refractivity contribution < 1.29 is 4.92 Å². The highest BCUT2D eigenvalue weighted by Crippen LogP contribution is 2.19. The van der Waals surface area contributed by atoms with Crippen molar-refractivity contribution in [1.29, 1.82) is 0 Å². The van der Waals surface area contributed by atoms with Gasteiger partial charge in [0.05, 0.1) is 23.7 Å². The van der Waals surface area contributed by atoms with E-state index in [-0.39, 0.29) is 5.69 Å². The highest BCUT2D eigenvalue weighted by molar-refractivity contribution is 5.46. The molecule has 2 aromatic rings. The summed E-state index contributed by atoms with van der Waals surface area (Å²) in [6.07, 6.45) is 0. The molecule has 0 spiro atoms. The third-order valence-corrected chi connectivity index (χ3v) is 3.72. The van der Waals surface area contributed by atoms with Crippen LogP contribution in [0.15, 0.2) is 64.9 Å². The zero-order chi connectivity index (χ0) is 16.1. The standard InChI is InChI=1S/C16H17N5O2/c22-21(23)16-8-6-14(7-9-16)17-18-20-12-10-19(11-13-20)15-4-2-1-3-5-15/h1-9H,10-13H2/b18-17+. The summed E-state index contributed by atoms with van der Waals surface area (Å²) in [5, 5.41) is 20.9. The summed E-state index contributed by atoms with van der Waals surface area (Å²) >= 11 is 0. The van der Waals surface area contributed by atoms with Gasteiger partial charge in [-0.05, 0) is 24.3 Å². The molecule has 7 nitrogen and oxygen atoms in total. The largest absolute Gasteiger partial charge is 0.368 e. The van der Waals surface area contributed by atoms with Gasteiger partial charge in [0.2, 0.25) is 0 Å². The minimum Gasteiger partial charge on any atom is -0.368 e. The van der Waals surface area contributed by atoms with Crippen LogP contribution >= 0.6 is 0 Å². The van der Waals surface area contributed by atoms with Gasteiger partial charge in [0.1, 0.15) is 0 Å². The molecule has 0 aliphatic carbocycles. The Morgan fingerprint density at radius 1 is 0.913 bits per heavy atom. The third kappa shape index (κ3) is 3.82. The van der Waals surface area contributed by atoms with Crippen molar-refractivity contribution in [3.05, 3.63) is 64.7 Å². The van der Waals surface area contributed by atoms with E-state index in [4.69, 9.17) is 0 Å². The smallest absolute Gasteiger partial charge is 0.269 e. The first-order valence-electron chi connectivity index (χ1n) is 7.43. The second-order valence-electron chi connectivity index (χ2n) is 5.24. The summed E-state index contributed by atoms with van der Waals surface area (Å²) in [6, 6.07) is 16.4. The van der Waals surface area contributed by atoms with E-state index in [1.807, 2.05) is 23.2 Å². The van der Waals surface area contributed by atoms with E-state index in [1.54, 1.807) is 12.1 Å².